The van der Waals surface area contributed by atoms with Crippen molar-refractivity contribution in [3.8, 4) is 0 Å². The Bertz CT molecular complexity index is 557. The lowest BCUT2D eigenvalue weighted by atomic mass is 10.4. The maximum Gasteiger partial charge on any atom is 0.232 e. The highest BCUT2D eigenvalue weighted by Crippen LogP contribution is 2.24. The number of morpholine rings is 1. The molecule has 1 aromatic heterocycles. The molecule has 0 aliphatic carbocycles. The van der Waals surface area contributed by atoms with Crippen LogP contribution < -0.4 is 20.4 Å². The van der Waals surface area contributed by atoms with Gasteiger partial charge in [0.05, 0.1) is 13.2 Å². The number of nitrogens with one attached hydrogen (secondary N) is 2. The molecule has 0 unspecified atom stereocenters. The molecule has 3 heterocycles. The predicted molar refractivity (Wildman–Crippen MR) is 101 cm³/mol. The molecule has 0 atom stereocenters. The van der Waals surface area contributed by atoms with Gasteiger partial charge in [-0.2, -0.15) is 9.97 Å². The average molecular weight is 350 g/mol. The number of hydrogen-bond donors (Lipinski definition) is 2. The molecule has 0 bridgehead atoms. The number of anilines is 3. The SMILES string of the molecule is CCCNC(=S)Nc1nc(N2CCCC2)cc(N2CCOCC2)n1. The molecule has 3 rings (SSSR count). The van der Waals surface area contributed by atoms with Gasteiger partial charge < -0.3 is 25.2 Å². The zero-order valence-corrected chi connectivity index (χ0v) is 15.1. The van der Waals surface area contributed by atoms with Crippen LogP contribution >= 0.6 is 12.2 Å². The Labute approximate surface area is 148 Å². The van der Waals surface area contributed by atoms with E-state index in [1.165, 1.54) is 12.8 Å². The number of rotatable bonds is 5. The monoisotopic (exact) mass is 350 g/mol. The first-order chi connectivity index (χ1) is 11.8. The van der Waals surface area contributed by atoms with Gasteiger partial charge in [0.15, 0.2) is 5.11 Å². The van der Waals surface area contributed by atoms with Gasteiger partial charge in [-0.05, 0) is 31.5 Å². The molecule has 2 aliphatic rings. The third-order valence-corrected chi connectivity index (χ3v) is 4.47. The highest BCUT2D eigenvalue weighted by Gasteiger charge is 2.19. The first-order valence-corrected chi connectivity index (χ1v) is 9.18. The summed E-state index contributed by atoms with van der Waals surface area (Å²) in [7, 11) is 0. The molecule has 0 spiro atoms. The summed E-state index contributed by atoms with van der Waals surface area (Å²) in [5.41, 5.74) is 0. The Morgan fingerprint density at radius 1 is 1.12 bits per heavy atom. The van der Waals surface area contributed by atoms with Crippen molar-refractivity contribution in [3.05, 3.63) is 6.07 Å². The van der Waals surface area contributed by atoms with Crippen LogP contribution in [-0.2, 0) is 4.74 Å². The number of ether oxygens (including phenoxy) is 1. The maximum absolute atomic E-state index is 5.45. The van der Waals surface area contributed by atoms with E-state index < -0.39 is 0 Å². The molecule has 2 saturated heterocycles. The van der Waals surface area contributed by atoms with E-state index in [0.29, 0.717) is 11.1 Å². The largest absolute Gasteiger partial charge is 0.378 e. The van der Waals surface area contributed by atoms with Crippen LogP contribution in [0, 0.1) is 0 Å². The number of thiocarbonyl (C=S) groups is 1. The Balaban J connectivity index is 1.80. The van der Waals surface area contributed by atoms with Gasteiger partial charge in [-0.25, -0.2) is 0 Å². The molecule has 1 aromatic rings. The van der Waals surface area contributed by atoms with Crippen LogP contribution in [0.3, 0.4) is 0 Å². The molecular formula is C16H26N6OS. The second-order valence-corrected chi connectivity index (χ2v) is 6.49. The van der Waals surface area contributed by atoms with Crippen LogP contribution in [-0.4, -0.2) is 61.0 Å². The molecule has 24 heavy (non-hydrogen) atoms. The van der Waals surface area contributed by atoms with Crippen molar-refractivity contribution in [3.63, 3.8) is 0 Å². The van der Waals surface area contributed by atoms with Gasteiger partial charge in [0, 0.05) is 38.8 Å². The zero-order valence-electron chi connectivity index (χ0n) is 14.3. The lowest BCUT2D eigenvalue weighted by Crippen LogP contribution is -2.37. The molecule has 132 valence electrons. The topological polar surface area (TPSA) is 65.6 Å². The van der Waals surface area contributed by atoms with Crippen LogP contribution in [0.2, 0.25) is 0 Å². The summed E-state index contributed by atoms with van der Waals surface area (Å²) in [6.07, 6.45) is 3.46. The number of aromatic nitrogens is 2. The molecule has 8 heteroatoms. The van der Waals surface area contributed by atoms with Gasteiger partial charge >= 0.3 is 0 Å². The summed E-state index contributed by atoms with van der Waals surface area (Å²) in [6, 6.07) is 2.09. The van der Waals surface area contributed by atoms with E-state index in [0.717, 1.165) is 64.0 Å². The van der Waals surface area contributed by atoms with Crippen molar-refractivity contribution in [1.29, 1.82) is 0 Å². The minimum absolute atomic E-state index is 0.564. The van der Waals surface area contributed by atoms with E-state index in [9.17, 15) is 0 Å². The fraction of sp³-hybridized carbons (Fsp3) is 0.688. The number of hydrogen-bond acceptors (Lipinski definition) is 6. The van der Waals surface area contributed by atoms with E-state index in [1.54, 1.807) is 0 Å². The molecule has 2 aliphatic heterocycles. The Morgan fingerprint density at radius 3 is 2.38 bits per heavy atom. The first-order valence-electron chi connectivity index (χ1n) is 8.78. The molecule has 7 nitrogen and oxygen atoms in total. The molecule has 2 N–H and O–H groups in total. The van der Waals surface area contributed by atoms with Gasteiger partial charge in [-0.3, -0.25) is 0 Å². The van der Waals surface area contributed by atoms with Crippen LogP contribution in [0.5, 0.6) is 0 Å². The van der Waals surface area contributed by atoms with Crippen LogP contribution in [0.1, 0.15) is 26.2 Å². The molecule has 0 saturated carbocycles. The fourth-order valence-electron chi connectivity index (χ4n) is 2.92. The zero-order chi connectivity index (χ0) is 16.8. The quantitative estimate of drug-likeness (QED) is 0.777. The van der Waals surface area contributed by atoms with E-state index in [2.05, 4.69) is 43.4 Å². The fourth-order valence-corrected chi connectivity index (χ4v) is 3.12. The van der Waals surface area contributed by atoms with Gasteiger partial charge in [0.1, 0.15) is 11.6 Å². The van der Waals surface area contributed by atoms with Crippen LogP contribution in [0.15, 0.2) is 6.07 Å². The Morgan fingerprint density at radius 2 is 1.75 bits per heavy atom. The molecule has 2 fully saturated rings. The second-order valence-electron chi connectivity index (χ2n) is 6.08. The summed E-state index contributed by atoms with van der Waals surface area (Å²) in [6.45, 7) is 8.24. The van der Waals surface area contributed by atoms with Gasteiger partial charge in [-0.15, -0.1) is 0 Å². The smallest absolute Gasteiger partial charge is 0.232 e. The number of nitrogens with zero attached hydrogens (tertiary/aromatic N) is 4. The van der Waals surface area contributed by atoms with E-state index in [-0.39, 0.29) is 0 Å². The van der Waals surface area contributed by atoms with E-state index in [1.807, 2.05) is 0 Å². The third kappa shape index (κ3) is 4.45. The second kappa shape index (κ2) is 8.43. The molecule has 0 amide bonds. The summed E-state index contributed by atoms with van der Waals surface area (Å²) < 4.78 is 5.45. The van der Waals surface area contributed by atoms with Crippen molar-refractivity contribution >= 4 is 34.9 Å². The average Bonchev–Trinajstić information content (AvgIpc) is 3.15. The standard InChI is InChI=1S/C16H26N6OS/c1-2-5-17-16(24)20-15-18-13(21-6-3-4-7-21)12-14(19-15)22-8-10-23-11-9-22/h12H,2-11H2,1H3,(H2,17,18,19,20,24). The van der Waals surface area contributed by atoms with Crippen LogP contribution in [0.25, 0.3) is 0 Å². The minimum atomic E-state index is 0.564. The van der Waals surface area contributed by atoms with Crippen LogP contribution in [0.4, 0.5) is 17.6 Å². The Hall–Kier alpha value is -1.67. The maximum atomic E-state index is 5.45. The van der Waals surface area contributed by atoms with Crippen molar-refractivity contribution < 1.29 is 4.74 Å². The summed E-state index contributed by atoms with van der Waals surface area (Å²) >= 11 is 5.33. The Kier molecular flexibility index (Phi) is 6.03. The summed E-state index contributed by atoms with van der Waals surface area (Å²) in [5, 5.41) is 6.87. The molecule has 0 aromatic carbocycles. The lowest BCUT2D eigenvalue weighted by molar-refractivity contribution is 0.122. The normalized spacial score (nSPS) is 17.9. The van der Waals surface area contributed by atoms with E-state index >= 15 is 0 Å². The molecule has 0 radical (unpaired) electrons. The van der Waals surface area contributed by atoms with Crippen molar-refractivity contribution in [2.75, 3.05) is 61.1 Å². The highest BCUT2D eigenvalue weighted by molar-refractivity contribution is 7.80. The van der Waals surface area contributed by atoms with E-state index in [4.69, 9.17) is 17.0 Å². The lowest BCUT2D eigenvalue weighted by Gasteiger charge is -2.29. The van der Waals surface area contributed by atoms with Gasteiger partial charge in [0.2, 0.25) is 5.95 Å². The van der Waals surface area contributed by atoms with Crippen molar-refractivity contribution in [2.45, 2.75) is 26.2 Å². The predicted octanol–water partition coefficient (Wildman–Crippen LogP) is 1.61. The van der Waals surface area contributed by atoms with Gasteiger partial charge in [0.25, 0.3) is 0 Å². The summed E-state index contributed by atoms with van der Waals surface area (Å²) in [4.78, 5) is 13.9. The highest BCUT2D eigenvalue weighted by atomic mass is 32.1. The van der Waals surface area contributed by atoms with Crippen molar-refractivity contribution in [1.82, 2.24) is 15.3 Å². The minimum Gasteiger partial charge on any atom is -0.378 e. The first kappa shape index (κ1) is 17.2. The third-order valence-electron chi connectivity index (χ3n) is 4.23. The van der Waals surface area contributed by atoms with Gasteiger partial charge in [-0.1, -0.05) is 6.92 Å². The van der Waals surface area contributed by atoms with Crippen molar-refractivity contribution in [2.24, 2.45) is 0 Å². The molecular weight excluding hydrogens is 324 g/mol. The summed E-state index contributed by atoms with van der Waals surface area (Å²) in [5.74, 6) is 2.48.